The van der Waals surface area contributed by atoms with Gasteiger partial charge in [0.25, 0.3) is 0 Å². The van der Waals surface area contributed by atoms with Gasteiger partial charge in [-0.3, -0.25) is 0 Å². The van der Waals surface area contributed by atoms with Gasteiger partial charge in [0.15, 0.2) is 0 Å². The number of hydrogen-bond donors (Lipinski definition) is 1. The largest absolute Gasteiger partial charge is 0.314 e. The number of rotatable bonds is 8. The molecule has 0 amide bonds. The molecule has 0 spiro atoms. The van der Waals surface area contributed by atoms with E-state index < -0.39 is 0 Å². The maximum absolute atomic E-state index is 13.4. The standard InChI is InChI=1S/C18H27BrFN/c1-2-11-21-17(9-7-14-5-3-4-6-14)13-15-12-16(20)8-10-18(15)19/h8,10,12,14,17,21H,2-7,9,11,13H2,1H3. The molecule has 1 aromatic rings. The summed E-state index contributed by atoms with van der Waals surface area (Å²) in [7, 11) is 0. The maximum atomic E-state index is 13.4. The molecule has 1 saturated carbocycles. The number of benzene rings is 1. The Morgan fingerprint density at radius 1 is 1.33 bits per heavy atom. The second-order valence-electron chi connectivity index (χ2n) is 6.32. The lowest BCUT2D eigenvalue weighted by Crippen LogP contribution is -2.32. The molecule has 1 atom stereocenters. The topological polar surface area (TPSA) is 12.0 Å². The maximum Gasteiger partial charge on any atom is 0.123 e. The van der Waals surface area contributed by atoms with Gasteiger partial charge in [0.2, 0.25) is 0 Å². The number of halogens is 2. The van der Waals surface area contributed by atoms with Crippen molar-refractivity contribution in [1.82, 2.24) is 5.32 Å². The molecular weight excluding hydrogens is 329 g/mol. The van der Waals surface area contributed by atoms with Crippen LogP contribution in [0.4, 0.5) is 4.39 Å². The highest BCUT2D eigenvalue weighted by Gasteiger charge is 2.18. The zero-order chi connectivity index (χ0) is 15.1. The fraction of sp³-hybridized carbons (Fsp3) is 0.667. The molecule has 1 N–H and O–H groups in total. The predicted molar refractivity (Wildman–Crippen MR) is 91.1 cm³/mol. The van der Waals surface area contributed by atoms with Crippen LogP contribution in [0.25, 0.3) is 0 Å². The minimum atomic E-state index is -0.141. The van der Waals surface area contributed by atoms with Crippen molar-refractivity contribution < 1.29 is 4.39 Å². The molecule has 0 aliphatic heterocycles. The summed E-state index contributed by atoms with van der Waals surface area (Å²) in [6.45, 7) is 3.24. The summed E-state index contributed by atoms with van der Waals surface area (Å²) in [5, 5.41) is 3.65. The first-order chi connectivity index (χ1) is 10.2. The van der Waals surface area contributed by atoms with Crippen molar-refractivity contribution in [2.75, 3.05) is 6.54 Å². The van der Waals surface area contributed by atoms with Gasteiger partial charge in [-0.2, -0.15) is 0 Å². The van der Waals surface area contributed by atoms with Crippen LogP contribution in [0.3, 0.4) is 0 Å². The van der Waals surface area contributed by atoms with Gasteiger partial charge in [0.05, 0.1) is 0 Å². The lowest BCUT2D eigenvalue weighted by Gasteiger charge is -2.21. The van der Waals surface area contributed by atoms with E-state index in [1.807, 2.05) is 6.07 Å². The van der Waals surface area contributed by atoms with Crippen LogP contribution in [0.1, 0.15) is 57.4 Å². The first kappa shape index (κ1) is 17.0. The van der Waals surface area contributed by atoms with Gasteiger partial charge in [0.1, 0.15) is 5.82 Å². The Bertz CT molecular complexity index is 429. The van der Waals surface area contributed by atoms with E-state index in [2.05, 4.69) is 28.2 Å². The summed E-state index contributed by atoms with van der Waals surface area (Å²) in [4.78, 5) is 0. The van der Waals surface area contributed by atoms with E-state index in [0.717, 1.165) is 35.3 Å². The lowest BCUT2D eigenvalue weighted by molar-refractivity contribution is 0.402. The molecule has 1 aliphatic rings. The summed E-state index contributed by atoms with van der Waals surface area (Å²) >= 11 is 3.55. The van der Waals surface area contributed by atoms with E-state index in [1.54, 1.807) is 6.07 Å². The minimum Gasteiger partial charge on any atom is -0.314 e. The second kappa shape index (κ2) is 8.89. The quantitative estimate of drug-likeness (QED) is 0.651. The molecule has 3 heteroatoms. The molecular formula is C18H27BrFN. The molecule has 118 valence electrons. The number of hydrogen-bond acceptors (Lipinski definition) is 1. The monoisotopic (exact) mass is 355 g/mol. The van der Waals surface area contributed by atoms with E-state index in [4.69, 9.17) is 0 Å². The van der Waals surface area contributed by atoms with Crippen LogP contribution in [-0.2, 0) is 6.42 Å². The Labute approximate surface area is 136 Å². The normalized spacial score (nSPS) is 17.3. The Kier molecular flexibility index (Phi) is 7.18. The van der Waals surface area contributed by atoms with E-state index in [1.165, 1.54) is 44.6 Å². The van der Waals surface area contributed by atoms with Crippen LogP contribution < -0.4 is 5.32 Å². The van der Waals surface area contributed by atoms with Gasteiger partial charge in [-0.15, -0.1) is 0 Å². The summed E-state index contributed by atoms with van der Waals surface area (Å²) < 4.78 is 14.5. The highest BCUT2D eigenvalue weighted by atomic mass is 79.9. The van der Waals surface area contributed by atoms with Gasteiger partial charge >= 0.3 is 0 Å². The molecule has 1 nitrogen and oxygen atoms in total. The predicted octanol–water partition coefficient (Wildman–Crippen LogP) is 5.47. The zero-order valence-corrected chi connectivity index (χ0v) is 14.6. The molecule has 0 aromatic heterocycles. The average Bonchev–Trinajstić information content (AvgIpc) is 2.99. The van der Waals surface area contributed by atoms with Gasteiger partial charge in [0, 0.05) is 10.5 Å². The van der Waals surface area contributed by atoms with Crippen molar-refractivity contribution >= 4 is 15.9 Å². The van der Waals surface area contributed by atoms with Crippen molar-refractivity contribution in [3.63, 3.8) is 0 Å². The van der Waals surface area contributed by atoms with E-state index in [9.17, 15) is 4.39 Å². The fourth-order valence-electron chi connectivity index (χ4n) is 3.33. The van der Waals surface area contributed by atoms with Crippen LogP contribution >= 0.6 is 15.9 Å². The van der Waals surface area contributed by atoms with Gasteiger partial charge in [-0.05, 0) is 61.9 Å². The highest BCUT2D eigenvalue weighted by Crippen LogP contribution is 2.29. The van der Waals surface area contributed by atoms with Crippen molar-refractivity contribution in [3.05, 3.63) is 34.1 Å². The Morgan fingerprint density at radius 2 is 2.10 bits per heavy atom. The van der Waals surface area contributed by atoms with Crippen molar-refractivity contribution in [3.8, 4) is 0 Å². The van der Waals surface area contributed by atoms with Gasteiger partial charge < -0.3 is 5.32 Å². The van der Waals surface area contributed by atoms with Crippen LogP contribution in [0.5, 0.6) is 0 Å². The van der Waals surface area contributed by atoms with Crippen LogP contribution in [0, 0.1) is 11.7 Å². The summed E-state index contributed by atoms with van der Waals surface area (Å²) in [5.41, 5.74) is 1.08. The third kappa shape index (κ3) is 5.71. The molecule has 1 aliphatic carbocycles. The zero-order valence-electron chi connectivity index (χ0n) is 13.0. The minimum absolute atomic E-state index is 0.141. The molecule has 1 fully saturated rings. The summed E-state index contributed by atoms with van der Waals surface area (Å²) in [5.74, 6) is 0.783. The van der Waals surface area contributed by atoms with E-state index >= 15 is 0 Å². The van der Waals surface area contributed by atoms with E-state index in [-0.39, 0.29) is 5.82 Å². The molecule has 1 aromatic carbocycles. The Hall–Kier alpha value is -0.410. The third-order valence-corrected chi connectivity index (χ3v) is 5.33. The summed E-state index contributed by atoms with van der Waals surface area (Å²) in [6.07, 6.45) is 10.2. The van der Waals surface area contributed by atoms with Crippen molar-refractivity contribution in [2.24, 2.45) is 5.92 Å². The third-order valence-electron chi connectivity index (χ3n) is 4.56. The average molecular weight is 356 g/mol. The number of nitrogens with one attached hydrogen (secondary N) is 1. The molecule has 21 heavy (non-hydrogen) atoms. The second-order valence-corrected chi connectivity index (χ2v) is 7.17. The molecule has 0 heterocycles. The summed E-state index contributed by atoms with van der Waals surface area (Å²) in [6, 6.07) is 5.46. The molecule has 2 rings (SSSR count). The van der Waals surface area contributed by atoms with Crippen LogP contribution in [-0.4, -0.2) is 12.6 Å². The van der Waals surface area contributed by atoms with Gasteiger partial charge in [-0.25, -0.2) is 4.39 Å². The fourth-order valence-corrected chi connectivity index (χ4v) is 3.73. The highest BCUT2D eigenvalue weighted by molar-refractivity contribution is 9.10. The van der Waals surface area contributed by atoms with Gasteiger partial charge in [-0.1, -0.05) is 48.5 Å². The van der Waals surface area contributed by atoms with Crippen LogP contribution in [0.15, 0.2) is 22.7 Å². The van der Waals surface area contributed by atoms with Crippen molar-refractivity contribution in [2.45, 2.75) is 64.3 Å². The molecule has 0 radical (unpaired) electrons. The Morgan fingerprint density at radius 3 is 2.81 bits per heavy atom. The van der Waals surface area contributed by atoms with E-state index in [0.29, 0.717) is 6.04 Å². The van der Waals surface area contributed by atoms with Crippen LogP contribution in [0.2, 0.25) is 0 Å². The molecule has 0 saturated heterocycles. The smallest absolute Gasteiger partial charge is 0.123 e. The first-order valence-electron chi connectivity index (χ1n) is 8.36. The molecule has 0 bridgehead atoms. The Balaban J connectivity index is 1.92. The first-order valence-corrected chi connectivity index (χ1v) is 9.15. The van der Waals surface area contributed by atoms with Crippen molar-refractivity contribution in [1.29, 1.82) is 0 Å². The molecule has 1 unspecified atom stereocenters. The SMILES string of the molecule is CCCNC(CCC1CCCC1)Cc1cc(F)ccc1Br. The lowest BCUT2D eigenvalue weighted by atomic mass is 9.95.